The van der Waals surface area contributed by atoms with Crippen LogP contribution in [0.5, 0.6) is 0 Å². The Morgan fingerprint density at radius 3 is 2.53 bits per heavy atom. The standard InChI is InChI=1S/C13H24N2O2/c1-11-10-12(13(16)17)4-7-15(11)9-8-14-5-2-3-6-14/h11-12H,2-10H2,1H3,(H,16,17). The van der Waals surface area contributed by atoms with Gasteiger partial charge in [-0.1, -0.05) is 0 Å². The summed E-state index contributed by atoms with van der Waals surface area (Å²) in [5.41, 5.74) is 0. The van der Waals surface area contributed by atoms with E-state index >= 15 is 0 Å². The van der Waals surface area contributed by atoms with E-state index in [1.165, 1.54) is 25.9 Å². The Morgan fingerprint density at radius 1 is 1.24 bits per heavy atom. The number of likely N-dealkylation sites (tertiary alicyclic amines) is 2. The smallest absolute Gasteiger partial charge is 0.306 e. The minimum Gasteiger partial charge on any atom is -0.481 e. The van der Waals surface area contributed by atoms with Gasteiger partial charge in [0.15, 0.2) is 0 Å². The Hall–Kier alpha value is -0.610. The highest BCUT2D eigenvalue weighted by molar-refractivity contribution is 5.70. The van der Waals surface area contributed by atoms with E-state index in [0.29, 0.717) is 6.04 Å². The lowest BCUT2D eigenvalue weighted by Crippen LogP contribution is -2.45. The number of nitrogens with zero attached hydrogens (tertiary/aromatic N) is 2. The molecular weight excluding hydrogens is 216 g/mol. The zero-order valence-electron chi connectivity index (χ0n) is 10.8. The van der Waals surface area contributed by atoms with Gasteiger partial charge in [0.25, 0.3) is 0 Å². The van der Waals surface area contributed by atoms with E-state index in [1.807, 2.05) is 0 Å². The van der Waals surface area contributed by atoms with Gasteiger partial charge in [0.05, 0.1) is 5.92 Å². The third kappa shape index (κ3) is 3.42. The van der Waals surface area contributed by atoms with Crippen molar-refractivity contribution in [3.63, 3.8) is 0 Å². The lowest BCUT2D eigenvalue weighted by molar-refractivity contribution is -0.144. The van der Waals surface area contributed by atoms with Crippen LogP contribution in [0.4, 0.5) is 0 Å². The van der Waals surface area contributed by atoms with Crippen molar-refractivity contribution in [3.8, 4) is 0 Å². The largest absolute Gasteiger partial charge is 0.481 e. The molecule has 1 N–H and O–H groups in total. The third-order valence-electron chi connectivity index (χ3n) is 4.27. The first-order chi connectivity index (χ1) is 8.16. The molecule has 2 rings (SSSR count). The van der Waals surface area contributed by atoms with E-state index < -0.39 is 5.97 Å². The van der Waals surface area contributed by atoms with E-state index in [2.05, 4.69) is 16.7 Å². The van der Waals surface area contributed by atoms with Crippen LogP contribution in [0.25, 0.3) is 0 Å². The van der Waals surface area contributed by atoms with Crippen LogP contribution >= 0.6 is 0 Å². The molecule has 98 valence electrons. The van der Waals surface area contributed by atoms with Gasteiger partial charge in [-0.25, -0.2) is 0 Å². The Bertz CT molecular complexity index is 264. The molecule has 4 nitrogen and oxygen atoms in total. The topological polar surface area (TPSA) is 43.8 Å². The summed E-state index contributed by atoms with van der Waals surface area (Å²) in [5, 5.41) is 9.02. The fourth-order valence-corrected chi connectivity index (χ4v) is 3.05. The Morgan fingerprint density at radius 2 is 1.94 bits per heavy atom. The van der Waals surface area contributed by atoms with Gasteiger partial charge in [0.1, 0.15) is 0 Å². The lowest BCUT2D eigenvalue weighted by Gasteiger charge is -2.37. The van der Waals surface area contributed by atoms with Crippen LogP contribution < -0.4 is 0 Å². The predicted octanol–water partition coefficient (Wildman–Crippen LogP) is 1.27. The molecule has 2 heterocycles. The summed E-state index contributed by atoms with van der Waals surface area (Å²) in [5.74, 6) is -0.732. The zero-order chi connectivity index (χ0) is 12.3. The van der Waals surface area contributed by atoms with E-state index in [4.69, 9.17) is 5.11 Å². The molecule has 2 aliphatic rings. The van der Waals surface area contributed by atoms with Crippen LogP contribution in [0.1, 0.15) is 32.6 Å². The molecule has 2 aliphatic heterocycles. The van der Waals surface area contributed by atoms with E-state index in [9.17, 15) is 4.79 Å². The quantitative estimate of drug-likeness (QED) is 0.803. The lowest BCUT2D eigenvalue weighted by atomic mass is 9.92. The molecule has 17 heavy (non-hydrogen) atoms. The molecule has 4 heteroatoms. The molecule has 0 saturated carbocycles. The SMILES string of the molecule is CC1CC(C(=O)O)CCN1CCN1CCCC1. The molecule has 0 aliphatic carbocycles. The number of carbonyl (C=O) groups is 1. The minimum absolute atomic E-state index is 0.118. The minimum atomic E-state index is -0.615. The maximum Gasteiger partial charge on any atom is 0.306 e. The molecule has 0 amide bonds. The van der Waals surface area contributed by atoms with Crippen molar-refractivity contribution in [2.24, 2.45) is 5.92 Å². The molecule has 0 spiro atoms. The molecular formula is C13H24N2O2. The van der Waals surface area contributed by atoms with Crippen molar-refractivity contribution in [3.05, 3.63) is 0 Å². The first-order valence-corrected chi connectivity index (χ1v) is 6.86. The summed E-state index contributed by atoms with van der Waals surface area (Å²) in [7, 11) is 0. The Balaban J connectivity index is 1.73. The second-order valence-electron chi connectivity index (χ2n) is 5.49. The third-order valence-corrected chi connectivity index (χ3v) is 4.27. The fourth-order valence-electron chi connectivity index (χ4n) is 3.05. The zero-order valence-corrected chi connectivity index (χ0v) is 10.8. The van der Waals surface area contributed by atoms with Crippen LogP contribution in [-0.4, -0.2) is 59.6 Å². The summed E-state index contributed by atoms with van der Waals surface area (Å²) in [4.78, 5) is 15.9. The number of hydrogen-bond donors (Lipinski definition) is 1. The summed E-state index contributed by atoms with van der Waals surface area (Å²) >= 11 is 0. The van der Waals surface area contributed by atoms with Crippen LogP contribution in [0, 0.1) is 5.92 Å². The number of rotatable bonds is 4. The molecule has 0 aromatic heterocycles. The summed E-state index contributed by atoms with van der Waals surface area (Å²) < 4.78 is 0. The summed E-state index contributed by atoms with van der Waals surface area (Å²) in [6.45, 7) is 7.88. The number of carboxylic acids is 1. The maximum atomic E-state index is 10.9. The number of hydrogen-bond acceptors (Lipinski definition) is 3. The second-order valence-corrected chi connectivity index (χ2v) is 5.49. The molecule has 2 unspecified atom stereocenters. The van der Waals surface area contributed by atoms with Crippen molar-refractivity contribution in [2.45, 2.75) is 38.6 Å². The molecule has 0 bridgehead atoms. The number of piperidine rings is 1. The second kappa shape index (κ2) is 5.83. The molecule has 0 radical (unpaired) electrons. The van der Waals surface area contributed by atoms with Crippen LogP contribution in [0.2, 0.25) is 0 Å². The van der Waals surface area contributed by atoms with Crippen molar-refractivity contribution < 1.29 is 9.90 Å². The van der Waals surface area contributed by atoms with Gasteiger partial charge in [-0.2, -0.15) is 0 Å². The summed E-state index contributed by atoms with van der Waals surface area (Å²) in [6.07, 6.45) is 4.32. The van der Waals surface area contributed by atoms with Gasteiger partial charge in [-0.3, -0.25) is 9.69 Å². The van der Waals surface area contributed by atoms with E-state index in [-0.39, 0.29) is 5.92 Å². The summed E-state index contributed by atoms with van der Waals surface area (Å²) in [6, 6.07) is 0.424. The van der Waals surface area contributed by atoms with Crippen molar-refractivity contribution in [2.75, 3.05) is 32.7 Å². The van der Waals surface area contributed by atoms with Crippen LogP contribution in [-0.2, 0) is 4.79 Å². The van der Waals surface area contributed by atoms with Crippen molar-refractivity contribution in [1.29, 1.82) is 0 Å². The van der Waals surface area contributed by atoms with Gasteiger partial charge < -0.3 is 10.0 Å². The molecule has 2 saturated heterocycles. The first kappa shape index (κ1) is 12.8. The van der Waals surface area contributed by atoms with E-state index in [0.717, 1.165) is 32.5 Å². The highest BCUT2D eigenvalue weighted by atomic mass is 16.4. The highest BCUT2D eigenvalue weighted by Crippen LogP contribution is 2.22. The fraction of sp³-hybridized carbons (Fsp3) is 0.923. The highest BCUT2D eigenvalue weighted by Gasteiger charge is 2.29. The molecule has 0 aromatic rings. The van der Waals surface area contributed by atoms with Gasteiger partial charge in [-0.15, -0.1) is 0 Å². The van der Waals surface area contributed by atoms with Gasteiger partial charge >= 0.3 is 5.97 Å². The van der Waals surface area contributed by atoms with Crippen molar-refractivity contribution >= 4 is 5.97 Å². The first-order valence-electron chi connectivity index (χ1n) is 6.86. The molecule has 2 atom stereocenters. The molecule has 2 fully saturated rings. The van der Waals surface area contributed by atoms with Crippen LogP contribution in [0.3, 0.4) is 0 Å². The number of carboxylic acid groups (broad SMARTS) is 1. The normalized spacial score (nSPS) is 31.8. The average molecular weight is 240 g/mol. The average Bonchev–Trinajstić information content (AvgIpc) is 2.80. The van der Waals surface area contributed by atoms with Crippen molar-refractivity contribution in [1.82, 2.24) is 9.80 Å². The Kier molecular flexibility index (Phi) is 4.40. The predicted molar refractivity (Wildman–Crippen MR) is 67.1 cm³/mol. The van der Waals surface area contributed by atoms with E-state index in [1.54, 1.807) is 0 Å². The molecule has 0 aromatic carbocycles. The van der Waals surface area contributed by atoms with Gasteiger partial charge in [0, 0.05) is 19.1 Å². The van der Waals surface area contributed by atoms with Crippen LogP contribution in [0.15, 0.2) is 0 Å². The van der Waals surface area contributed by atoms with Gasteiger partial charge in [0.2, 0.25) is 0 Å². The van der Waals surface area contributed by atoms with Gasteiger partial charge in [-0.05, 0) is 52.2 Å². The Labute approximate surface area is 104 Å². The maximum absolute atomic E-state index is 10.9. The number of aliphatic carboxylic acids is 1. The monoisotopic (exact) mass is 240 g/mol.